The van der Waals surface area contributed by atoms with E-state index < -0.39 is 0 Å². The molecule has 2 heterocycles. The maximum Gasteiger partial charge on any atom is 0.190 e. The summed E-state index contributed by atoms with van der Waals surface area (Å²) in [7, 11) is 0. The van der Waals surface area contributed by atoms with Crippen LogP contribution >= 0.6 is 23.1 Å². The molecule has 3 rings (SSSR count). The van der Waals surface area contributed by atoms with Crippen LogP contribution in [0.2, 0.25) is 0 Å². The zero-order chi connectivity index (χ0) is 12.5. The van der Waals surface area contributed by atoms with E-state index in [2.05, 4.69) is 9.97 Å². The molecule has 2 aromatic heterocycles. The number of thioether (sulfide) groups is 1. The van der Waals surface area contributed by atoms with Crippen LogP contribution in [0.1, 0.15) is 36.1 Å². The van der Waals surface area contributed by atoms with E-state index in [-0.39, 0.29) is 0 Å². The molecular formula is C13H17N3S2. The van der Waals surface area contributed by atoms with Gasteiger partial charge in [-0.2, -0.15) is 0 Å². The van der Waals surface area contributed by atoms with Crippen LogP contribution in [0.15, 0.2) is 5.16 Å². The van der Waals surface area contributed by atoms with Crippen molar-refractivity contribution < 1.29 is 0 Å². The standard InChI is InChI=1S/C13H17N3S2/c1-17-13-15-11(14)10-8-6-4-2-3-5-7-9(8)18-12(10)16-13/h2-7H2,1H3,(H2,14,15,16). The van der Waals surface area contributed by atoms with Crippen LogP contribution in [-0.2, 0) is 12.8 Å². The summed E-state index contributed by atoms with van der Waals surface area (Å²) in [4.78, 5) is 11.6. The van der Waals surface area contributed by atoms with Gasteiger partial charge in [0.15, 0.2) is 5.16 Å². The van der Waals surface area contributed by atoms with Crippen molar-refractivity contribution >= 4 is 39.1 Å². The summed E-state index contributed by atoms with van der Waals surface area (Å²) in [5.74, 6) is 0.669. The van der Waals surface area contributed by atoms with Crippen molar-refractivity contribution in [2.45, 2.75) is 43.7 Å². The fraction of sp³-hybridized carbons (Fsp3) is 0.538. The molecule has 0 aliphatic heterocycles. The second-order valence-electron chi connectivity index (χ2n) is 4.69. The summed E-state index contributed by atoms with van der Waals surface area (Å²) in [5.41, 5.74) is 7.56. The number of rotatable bonds is 1. The van der Waals surface area contributed by atoms with Crippen LogP contribution in [0.4, 0.5) is 5.82 Å². The highest BCUT2D eigenvalue weighted by Crippen LogP contribution is 2.37. The molecule has 0 saturated heterocycles. The third kappa shape index (κ3) is 2.10. The van der Waals surface area contributed by atoms with Crippen molar-refractivity contribution in [2.75, 3.05) is 12.0 Å². The Morgan fingerprint density at radius 1 is 1.11 bits per heavy atom. The summed E-state index contributed by atoms with van der Waals surface area (Å²) in [6, 6.07) is 0. The van der Waals surface area contributed by atoms with E-state index in [4.69, 9.17) is 5.73 Å². The van der Waals surface area contributed by atoms with E-state index >= 15 is 0 Å². The zero-order valence-corrected chi connectivity index (χ0v) is 12.2. The van der Waals surface area contributed by atoms with Crippen LogP contribution in [0.5, 0.6) is 0 Å². The number of anilines is 1. The molecule has 0 unspecified atom stereocenters. The molecule has 0 atom stereocenters. The van der Waals surface area contributed by atoms with Crippen LogP contribution in [-0.4, -0.2) is 16.2 Å². The molecule has 0 radical (unpaired) electrons. The lowest BCUT2D eigenvalue weighted by molar-refractivity contribution is 0.624. The van der Waals surface area contributed by atoms with E-state index in [1.54, 1.807) is 11.8 Å². The highest BCUT2D eigenvalue weighted by atomic mass is 32.2. The maximum atomic E-state index is 6.13. The molecule has 3 nitrogen and oxygen atoms in total. The van der Waals surface area contributed by atoms with Crippen molar-refractivity contribution in [1.82, 2.24) is 9.97 Å². The Morgan fingerprint density at radius 3 is 2.67 bits per heavy atom. The second kappa shape index (κ2) is 5.05. The first kappa shape index (κ1) is 12.2. The van der Waals surface area contributed by atoms with E-state index in [0.717, 1.165) is 21.8 Å². The topological polar surface area (TPSA) is 51.8 Å². The largest absolute Gasteiger partial charge is 0.383 e. The van der Waals surface area contributed by atoms with Gasteiger partial charge < -0.3 is 5.73 Å². The van der Waals surface area contributed by atoms with Gasteiger partial charge in [-0.3, -0.25) is 0 Å². The molecule has 2 aromatic rings. The molecule has 18 heavy (non-hydrogen) atoms. The van der Waals surface area contributed by atoms with E-state index in [0.29, 0.717) is 5.82 Å². The summed E-state index contributed by atoms with van der Waals surface area (Å²) in [6.07, 6.45) is 9.56. The van der Waals surface area contributed by atoms with Gasteiger partial charge >= 0.3 is 0 Å². The molecule has 2 N–H and O–H groups in total. The molecule has 0 fully saturated rings. The fourth-order valence-electron chi connectivity index (χ4n) is 2.61. The number of nitrogen functional groups attached to an aromatic ring is 1. The molecule has 1 aliphatic rings. The molecular weight excluding hydrogens is 262 g/mol. The van der Waals surface area contributed by atoms with Gasteiger partial charge in [0.25, 0.3) is 0 Å². The van der Waals surface area contributed by atoms with E-state index in [1.165, 1.54) is 42.5 Å². The molecule has 0 amide bonds. The minimum atomic E-state index is 0.669. The molecule has 1 aliphatic carbocycles. The highest BCUT2D eigenvalue weighted by molar-refractivity contribution is 7.98. The van der Waals surface area contributed by atoms with Gasteiger partial charge in [-0.1, -0.05) is 24.6 Å². The van der Waals surface area contributed by atoms with Gasteiger partial charge in [-0.05, 0) is 37.5 Å². The Bertz CT molecular complexity index is 577. The van der Waals surface area contributed by atoms with Crippen LogP contribution < -0.4 is 5.73 Å². The van der Waals surface area contributed by atoms with E-state index in [9.17, 15) is 0 Å². The number of nitrogens with two attached hydrogens (primary N) is 1. The normalized spacial score (nSPS) is 16.3. The number of hydrogen-bond donors (Lipinski definition) is 1. The Morgan fingerprint density at radius 2 is 1.89 bits per heavy atom. The third-order valence-corrected chi connectivity index (χ3v) is 5.24. The first-order chi connectivity index (χ1) is 8.79. The van der Waals surface area contributed by atoms with Crippen LogP contribution in [0, 0.1) is 0 Å². The summed E-state index contributed by atoms with van der Waals surface area (Å²) in [6.45, 7) is 0. The Hall–Kier alpha value is -0.810. The molecule has 96 valence electrons. The molecule has 5 heteroatoms. The fourth-order valence-corrected chi connectivity index (χ4v) is 4.31. The summed E-state index contributed by atoms with van der Waals surface area (Å²) >= 11 is 3.38. The van der Waals surface area contributed by atoms with Gasteiger partial charge in [0.05, 0.1) is 5.39 Å². The van der Waals surface area contributed by atoms with Crippen LogP contribution in [0.25, 0.3) is 10.2 Å². The van der Waals surface area contributed by atoms with Crippen molar-refractivity contribution in [3.05, 3.63) is 10.4 Å². The van der Waals surface area contributed by atoms with Gasteiger partial charge in [0.2, 0.25) is 0 Å². The Balaban J connectivity index is 2.19. The summed E-state index contributed by atoms with van der Waals surface area (Å²) in [5, 5.41) is 1.92. The highest BCUT2D eigenvalue weighted by Gasteiger charge is 2.18. The molecule has 0 spiro atoms. The van der Waals surface area contributed by atoms with E-state index in [1.807, 2.05) is 17.6 Å². The number of thiophene rings is 1. The van der Waals surface area contributed by atoms with Crippen molar-refractivity contribution in [1.29, 1.82) is 0 Å². The molecule has 0 bridgehead atoms. The number of hydrogen-bond acceptors (Lipinski definition) is 5. The minimum Gasteiger partial charge on any atom is -0.383 e. The SMILES string of the molecule is CSc1nc(N)c2c3c(sc2n1)CCCCCC3. The lowest BCUT2D eigenvalue weighted by atomic mass is 9.98. The zero-order valence-electron chi connectivity index (χ0n) is 10.5. The predicted molar refractivity (Wildman–Crippen MR) is 79.5 cm³/mol. The number of aryl methyl sites for hydroxylation is 2. The maximum absolute atomic E-state index is 6.13. The Labute approximate surface area is 115 Å². The lowest BCUT2D eigenvalue weighted by Crippen LogP contribution is -1.99. The van der Waals surface area contributed by atoms with Crippen molar-refractivity contribution in [3.8, 4) is 0 Å². The van der Waals surface area contributed by atoms with Gasteiger partial charge in [-0.25, -0.2) is 9.97 Å². The monoisotopic (exact) mass is 279 g/mol. The molecule has 0 aromatic carbocycles. The smallest absolute Gasteiger partial charge is 0.190 e. The number of aromatic nitrogens is 2. The Kier molecular flexibility index (Phi) is 3.43. The average Bonchev–Trinajstić information content (AvgIpc) is 2.66. The average molecular weight is 279 g/mol. The summed E-state index contributed by atoms with van der Waals surface area (Å²) < 4.78 is 0. The lowest BCUT2D eigenvalue weighted by Gasteiger charge is -2.09. The third-order valence-electron chi connectivity index (χ3n) is 3.50. The predicted octanol–water partition coefficient (Wildman–Crippen LogP) is 3.65. The van der Waals surface area contributed by atoms with Crippen LogP contribution in [0.3, 0.4) is 0 Å². The minimum absolute atomic E-state index is 0.669. The van der Waals surface area contributed by atoms with Crippen molar-refractivity contribution in [3.63, 3.8) is 0 Å². The quantitative estimate of drug-likeness (QED) is 0.639. The van der Waals surface area contributed by atoms with Gasteiger partial charge in [0, 0.05) is 4.88 Å². The number of fused-ring (bicyclic) bond motifs is 3. The molecule has 0 saturated carbocycles. The first-order valence-electron chi connectivity index (χ1n) is 6.41. The second-order valence-corrected chi connectivity index (χ2v) is 6.55. The van der Waals surface area contributed by atoms with Crippen molar-refractivity contribution in [2.24, 2.45) is 0 Å². The first-order valence-corrected chi connectivity index (χ1v) is 8.45. The van der Waals surface area contributed by atoms with Gasteiger partial charge in [0.1, 0.15) is 10.6 Å². The van der Waals surface area contributed by atoms with Gasteiger partial charge in [-0.15, -0.1) is 11.3 Å². The number of nitrogens with zero attached hydrogens (tertiary/aromatic N) is 2.